The smallest absolute Gasteiger partial charge is 0.242 e. The Morgan fingerprint density at radius 2 is 1.64 bits per heavy atom. The van der Waals surface area contributed by atoms with Crippen LogP contribution in [0, 0.1) is 11.2 Å². The summed E-state index contributed by atoms with van der Waals surface area (Å²) in [4.78, 5) is 42.8. The van der Waals surface area contributed by atoms with E-state index in [2.05, 4.69) is 0 Å². The van der Waals surface area contributed by atoms with Crippen LogP contribution in [0.5, 0.6) is 0 Å². The number of amides is 2. The summed E-state index contributed by atoms with van der Waals surface area (Å²) >= 11 is 0. The van der Waals surface area contributed by atoms with Crippen molar-refractivity contribution in [2.45, 2.75) is 60.0 Å². The lowest BCUT2D eigenvalue weighted by Crippen LogP contribution is -2.44. The van der Waals surface area contributed by atoms with Crippen molar-refractivity contribution in [3.63, 3.8) is 0 Å². The molecule has 36 heavy (non-hydrogen) atoms. The number of rotatable bonds is 10. The molecule has 6 nitrogen and oxygen atoms in total. The molecular weight excluding hydrogens is 459 g/mol. The van der Waals surface area contributed by atoms with E-state index < -0.39 is 0 Å². The van der Waals surface area contributed by atoms with Crippen LogP contribution in [0.4, 0.5) is 4.39 Å². The lowest BCUT2D eigenvalue weighted by Gasteiger charge is -2.29. The van der Waals surface area contributed by atoms with Crippen molar-refractivity contribution < 1.29 is 18.4 Å². The van der Waals surface area contributed by atoms with Crippen LogP contribution in [0.15, 0.2) is 64.0 Å². The molecule has 0 spiro atoms. The second kappa shape index (κ2) is 12.0. The fourth-order valence-electron chi connectivity index (χ4n) is 3.94. The third-order valence-electron chi connectivity index (χ3n) is 5.89. The third kappa shape index (κ3) is 7.51. The van der Waals surface area contributed by atoms with Gasteiger partial charge in [-0.15, -0.1) is 0 Å². The Balaban J connectivity index is 1.89. The number of fused-ring (bicyclic) bond motifs is 1. The van der Waals surface area contributed by atoms with E-state index >= 15 is 0 Å². The largest absolute Gasteiger partial charge is 0.464 e. The zero-order valence-electron chi connectivity index (χ0n) is 21.6. The van der Waals surface area contributed by atoms with Crippen LogP contribution >= 0.6 is 0 Å². The van der Waals surface area contributed by atoms with E-state index in [1.807, 2.05) is 27.7 Å². The quantitative estimate of drug-likeness (QED) is 0.372. The van der Waals surface area contributed by atoms with E-state index in [9.17, 15) is 18.8 Å². The van der Waals surface area contributed by atoms with Gasteiger partial charge in [0.05, 0.1) is 30.3 Å². The Kier molecular flexibility index (Phi) is 9.02. The predicted molar refractivity (Wildman–Crippen MR) is 139 cm³/mol. The van der Waals surface area contributed by atoms with Gasteiger partial charge in [0.15, 0.2) is 5.43 Å². The number of hydrogen-bond acceptors (Lipinski definition) is 4. The molecule has 192 valence electrons. The minimum atomic E-state index is -0.370. The molecule has 2 aromatic carbocycles. The van der Waals surface area contributed by atoms with Crippen LogP contribution in [0.25, 0.3) is 11.0 Å². The number of halogens is 1. The van der Waals surface area contributed by atoms with E-state index in [4.69, 9.17) is 4.42 Å². The highest BCUT2D eigenvalue weighted by Gasteiger charge is 2.25. The van der Waals surface area contributed by atoms with Crippen molar-refractivity contribution in [1.29, 1.82) is 0 Å². The minimum Gasteiger partial charge on any atom is -0.464 e. The van der Waals surface area contributed by atoms with Crippen molar-refractivity contribution in [3.05, 3.63) is 82.0 Å². The average molecular weight is 495 g/mol. The molecule has 0 bridgehead atoms. The van der Waals surface area contributed by atoms with Crippen LogP contribution in [0.1, 0.15) is 58.1 Å². The fraction of sp³-hybridized carbons (Fsp3) is 0.414. The summed E-state index contributed by atoms with van der Waals surface area (Å²) in [5.41, 5.74) is 1.12. The van der Waals surface area contributed by atoms with Gasteiger partial charge in [0.1, 0.15) is 11.4 Å². The standard InChI is InChI=1S/C29H35FN2O4/c1-5-6-15-31(26(33)16-29(2,3)4)19-27(34)32(17-21-11-13-23(30)14-12-21)18-22-20-36-25-10-8-7-9-24(25)28(22)35/h7-14,20H,5-6,15-19H2,1-4H3. The second-order valence-corrected chi connectivity index (χ2v) is 10.4. The summed E-state index contributed by atoms with van der Waals surface area (Å²) in [5.74, 6) is -0.730. The average Bonchev–Trinajstić information content (AvgIpc) is 2.83. The Hall–Kier alpha value is -3.48. The van der Waals surface area contributed by atoms with Crippen LogP contribution in [-0.4, -0.2) is 34.7 Å². The van der Waals surface area contributed by atoms with Crippen molar-refractivity contribution in [2.75, 3.05) is 13.1 Å². The number of benzene rings is 2. The molecular formula is C29H35FN2O4. The van der Waals surface area contributed by atoms with E-state index in [1.165, 1.54) is 23.3 Å². The molecule has 0 atom stereocenters. The maximum Gasteiger partial charge on any atom is 0.242 e. The van der Waals surface area contributed by atoms with E-state index in [0.717, 1.165) is 18.4 Å². The summed E-state index contributed by atoms with van der Waals surface area (Å²) in [6.07, 6.45) is 3.39. The van der Waals surface area contributed by atoms with Crippen LogP contribution in [-0.2, 0) is 22.7 Å². The van der Waals surface area contributed by atoms with E-state index in [1.54, 1.807) is 41.3 Å². The van der Waals surface area contributed by atoms with Crippen molar-refractivity contribution >= 4 is 22.8 Å². The summed E-state index contributed by atoms with van der Waals surface area (Å²) in [7, 11) is 0. The van der Waals surface area contributed by atoms with E-state index in [0.29, 0.717) is 29.5 Å². The SMILES string of the molecule is CCCCN(CC(=O)N(Cc1ccc(F)cc1)Cc1coc2ccccc2c1=O)C(=O)CC(C)(C)C. The molecule has 7 heteroatoms. The van der Waals surface area contributed by atoms with Gasteiger partial charge < -0.3 is 14.2 Å². The molecule has 1 heterocycles. The predicted octanol–water partition coefficient (Wildman–Crippen LogP) is 5.53. The Morgan fingerprint density at radius 1 is 0.944 bits per heavy atom. The molecule has 1 aromatic heterocycles. The molecule has 3 rings (SSSR count). The molecule has 0 aliphatic rings. The van der Waals surface area contributed by atoms with Gasteiger partial charge in [0, 0.05) is 19.5 Å². The van der Waals surface area contributed by atoms with Gasteiger partial charge in [-0.2, -0.15) is 0 Å². The summed E-state index contributed by atoms with van der Waals surface area (Å²) in [5, 5.41) is 0.439. The molecule has 0 aliphatic heterocycles. The zero-order valence-corrected chi connectivity index (χ0v) is 21.6. The first-order chi connectivity index (χ1) is 17.1. The van der Waals surface area contributed by atoms with Gasteiger partial charge in [-0.3, -0.25) is 14.4 Å². The highest BCUT2D eigenvalue weighted by molar-refractivity contribution is 5.85. The van der Waals surface area contributed by atoms with Crippen molar-refractivity contribution in [1.82, 2.24) is 9.80 Å². The molecule has 0 N–H and O–H groups in total. The highest BCUT2D eigenvalue weighted by Crippen LogP contribution is 2.21. The van der Waals surface area contributed by atoms with Crippen molar-refractivity contribution in [3.8, 4) is 0 Å². The fourth-order valence-corrected chi connectivity index (χ4v) is 3.94. The van der Waals surface area contributed by atoms with Gasteiger partial charge in [0.2, 0.25) is 11.8 Å². The molecule has 0 saturated heterocycles. The monoisotopic (exact) mass is 494 g/mol. The highest BCUT2D eigenvalue weighted by atomic mass is 19.1. The number of carbonyl (C=O) groups is 2. The number of nitrogens with zero attached hydrogens (tertiary/aromatic N) is 2. The Labute approximate surface area is 211 Å². The third-order valence-corrected chi connectivity index (χ3v) is 5.89. The summed E-state index contributed by atoms with van der Waals surface area (Å²) in [6.45, 7) is 8.58. The molecule has 0 aliphatic carbocycles. The van der Waals surface area contributed by atoms with Crippen LogP contribution in [0.3, 0.4) is 0 Å². The minimum absolute atomic E-state index is 0.0124. The van der Waals surface area contributed by atoms with Gasteiger partial charge >= 0.3 is 0 Å². The maximum absolute atomic E-state index is 13.6. The zero-order chi connectivity index (χ0) is 26.3. The first kappa shape index (κ1) is 27.1. The molecule has 0 fully saturated rings. The van der Waals surface area contributed by atoms with Crippen molar-refractivity contribution in [2.24, 2.45) is 5.41 Å². The molecule has 0 saturated carbocycles. The lowest BCUT2D eigenvalue weighted by atomic mass is 9.91. The van der Waals surface area contributed by atoms with Gasteiger partial charge in [-0.25, -0.2) is 4.39 Å². The normalized spacial score (nSPS) is 11.5. The first-order valence-electron chi connectivity index (χ1n) is 12.4. The summed E-state index contributed by atoms with van der Waals surface area (Å²) in [6, 6.07) is 12.8. The van der Waals surface area contributed by atoms with Gasteiger partial charge in [-0.1, -0.05) is 58.4 Å². The van der Waals surface area contributed by atoms with Gasteiger partial charge in [0.25, 0.3) is 0 Å². The summed E-state index contributed by atoms with van der Waals surface area (Å²) < 4.78 is 19.1. The topological polar surface area (TPSA) is 70.8 Å². The number of unbranched alkanes of at least 4 members (excludes halogenated alkanes) is 1. The molecule has 2 amide bonds. The molecule has 3 aromatic rings. The molecule has 0 radical (unpaired) electrons. The first-order valence-corrected chi connectivity index (χ1v) is 12.4. The van der Waals surface area contributed by atoms with E-state index in [-0.39, 0.29) is 48.1 Å². The molecule has 0 unspecified atom stereocenters. The Bertz CT molecular complexity index is 1240. The van der Waals surface area contributed by atoms with Crippen LogP contribution < -0.4 is 5.43 Å². The Morgan fingerprint density at radius 3 is 2.31 bits per heavy atom. The number of hydrogen-bond donors (Lipinski definition) is 0. The maximum atomic E-state index is 13.6. The second-order valence-electron chi connectivity index (χ2n) is 10.4. The van der Waals surface area contributed by atoms with Gasteiger partial charge in [-0.05, 0) is 41.7 Å². The number of carbonyl (C=O) groups excluding carboxylic acids is 2. The van der Waals surface area contributed by atoms with Crippen LogP contribution in [0.2, 0.25) is 0 Å². The number of para-hydroxylation sites is 1. The lowest BCUT2D eigenvalue weighted by molar-refractivity contribution is -0.142.